The van der Waals surface area contributed by atoms with Crippen molar-refractivity contribution in [1.82, 2.24) is 5.32 Å². The molecule has 0 radical (unpaired) electrons. The van der Waals surface area contributed by atoms with Crippen LogP contribution >= 0.6 is 23.2 Å². The number of aliphatic hydroxyl groups excluding tert-OH is 1. The number of hydrogen-bond donors (Lipinski definition) is 2. The Kier molecular flexibility index (Phi) is 7.28. The van der Waals surface area contributed by atoms with Crippen LogP contribution in [0, 0.1) is 0 Å². The van der Waals surface area contributed by atoms with Crippen molar-refractivity contribution in [1.29, 1.82) is 0 Å². The van der Waals surface area contributed by atoms with Gasteiger partial charge in [-0.3, -0.25) is 4.79 Å². The van der Waals surface area contributed by atoms with E-state index in [0.717, 1.165) is 31.2 Å². The van der Waals surface area contributed by atoms with Gasteiger partial charge < -0.3 is 19.9 Å². The fourth-order valence-corrected chi connectivity index (χ4v) is 4.19. The van der Waals surface area contributed by atoms with E-state index < -0.39 is 12.0 Å². The van der Waals surface area contributed by atoms with Crippen LogP contribution in [0.25, 0.3) is 0 Å². The molecule has 0 aromatic heterocycles. The summed E-state index contributed by atoms with van der Waals surface area (Å²) in [6.45, 7) is 0. The maximum absolute atomic E-state index is 12.7. The summed E-state index contributed by atoms with van der Waals surface area (Å²) in [7, 11) is 3.21. The number of halogens is 2. The molecule has 5 nitrogen and oxygen atoms in total. The normalized spacial score (nSPS) is 20.0. The van der Waals surface area contributed by atoms with E-state index in [1.54, 1.807) is 26.4 Å². The van der Waals surface area contributed by atoms with Crippen LogP contribution < -0.4 is 14.8 Å². The molecule has 1 fully saturated rings. The van der Waals surface area contributed by atoms with Crippen molar-refractivity contribution in [3.8, 4) is 11.5 Å². The molecule has 2 N–H and O–H groups in total. The Morgan fingerprint density at radius 2 is 1.76 bits per heavy atom. The Bertz CT molecular complexity index is 874. The third-order valence-corrected chi connectivity index (χ3v) is 6.18. The first-order chi connectivity index (χ1) is 13.9. The van der Waals surface area contributed by atoms with Crippen LogP contribution in [-0.2, 0) is 4.79 Å². The molecule has 3 unspecified atom stereocenters. The van der Waals surface area contributed by atoms with Crippen LogP contribution in [0.5, 0.6) is 11.5 Å². The van der Waals surface area contributed by atoms with Gasteiger partial charge >= 0.3 is 0 Å². The Labute approximate surface area is 180 Å². The van der Waals surface area contributed by atoms with Crippen LogP contribution in [0.3, 0.4) is 0 Å². The van der Waals surface area contributed by atoms with Crippen LogP contribution in [0.15, 0.2) is 36.4 Å². The summed E-state index contributed by atoms with van der Waals surface area (Å²) in [6.07, 6.45) is 2.60. The van der Waals surface area contributed by atoms with Gasteiger partial charge in [0.15, 0.2) is 17.6 Å². The average molecular weight is 438 g/mol. The van der Waals surface area contributed by atoms with Crippen LogP contribution in [0.1, 0.15) is 48.8 Å². The summed E-state index contributed by atoms with van der Waals surface area (Å²) < 4.78 is 10.7. The molecule has 1 saturated carbocycles. The summed E-state index contributed by atoms with van der Waals surface area (Å²) in [5, 5.41) is 14.2. The smallest absolute Gasteiger partial charge is 0.253 e. The highest BCUT2D eigenvalue weighted by Crippen LogP contribution is 2.38. The second kappa shape index (κ2) is 9.70. The summed E-state index contributed by atoms with van der Waals surface area (Å²) in [4.78, 5) is 12.7. The molecule has 7 heteroatoms. The van der Waals surface area contributed by atoms with Gasteiger partial charge in [-0.05, 0) is 48.2 Å². The highest BCUT2D eigenvalue weighted by Gasteiger charge is 2.30. The molecule has 3 rings (SSSR count). The van der Waals surface area contributed by atoms with Gasteiger partial charge in [0.25, 0.3) is 5.91 Å². The number of methoxy groups -OCH3 is 2. The van der Waals surface area contributed by atoms with Crippen molar-refractivity contribution in [3.05, 3.63) is 57.6 Å². The zero-order chi connectivity index (χ0) is 21.0. The van der Waals surface area contributed by atoms with E-state index in [-0.39, 0.29) is 12.0 Å². The molecule has 156 valence electrons. The van der Waals surface area contributed by atoms with Crippen LogP contribution in [0.4, 0.5) is 0 Å². The molecule has 0 saturated heterocycles. The summed E-state index contributed by atoms with van der Waals surface area (Å²) in [5.74, 6) is 1.02. The molecule has 0 aliphatic heterocycles. The summed E-state index contributed by atoms with van der Waals surface area (Å²) >= 11 is 11.9. The quantitative estimate of drug-likeness (QED) is 0.674. The van der Waals surface area contributed by atoms with E-state index in [2.05, 4.69) is 5.32 Å². The molecular formula is C22H25Cl2NO4. The van der Waals surface area contributed by atoms with Gasteiger partial charge in [-0.2, -0.15) is 0 Å². The van der Waals surface area contributed by atoms with E-state index >= 15 is 0 Å². The number of carbonyl (C=O) groups excluding carboxylic acids is 1. The zero-order valence-corrected chi connectivity index (χ0v) is 18.0. The first-order valence-corrected chi connectivity index (χ1v) is 10.4. The summed E-state index contributed by atoms with van der Waals surface area (Å²) in [5.41, 5.74) is 1.49. The number of rotatable bonds is 6. The second-order valence-corrected chi connectivity index (χ2v) is 8.01. The molecule has 29 heavy (non-hydrogen) atoms. The highest BCUT2D eigenvalue weighted by atomic mass is 35.5. The fourth-order valence-electron chi connectivity index (χ4n) is 3.88. The number of benzene rings is 2. The second-order valence-electron chi connectivity index (χ2n) is 7.20. The molecule has 2 aromatic carbocycles. The fraction of sp³-hybridized carbons (Fsp3) is 0.409. The Balaban J connectivity index is 1.77. The van der Waals surface area contributed by atoms with Crippen molar-refractivity contribution >= 4 is 29.1 Å². The number of nitrogens with one attached hydrogen (secondary N) is 1. The van der Waals surface area contributed by atoms with E-state index in [4.69, 9.17) is 32.7 Å². The number of ether oxygens (including phenoxy) is 2. The Hall–Kier alpha value is -1.95. The topological polar surface area (TPSA) is 67.8 Å². The lowest BCUT2D eigenvalue weighted by molar-refractivity contribution is -0.130. The first kappa shape index (κ1) is 21.8. The molecule has 2 aromatic rings. The predicted molar refractivity (Wildman–Crippen MR) is 114 cm³/mol. The largest absolute Gasteiger partial charge is 0.493 e. The van der Waals surface area contributed by atoms with E-state index in [0.29, 0.717) is 27.1 Å². The maximum atomic E-state index is 12.7. The van der Waals surface area contributed by atoms with E-state index in [9.17, 15) is 9.90 Å². The molecule has 3 atom stereocenters. The third kappa shape index (κ3) is 4.97. The van der Waals surface area contributed by atoms with E-state index in [1.807, 2.05) is 18.2 Å². The minimum atomic E-state index is -1.31. The number of aliphatic hydroxyl groups is 1. The lowest BCUT2D eigenvalue weighted by Crippen LogP contribution is -2.43. The SMILES string of the molecule is COc1ccc(C2CCCCC2NC(=O)C(O)c2ccc(Cl)c(Cl)c2)cc1OC. The van der Waals surface area contributed by atoms with E-state index in [1.165, 1.54) is 6.07 Å². The molecule has 1 aliphatic rings. The Morgan fingerprint density at radius 1 is 1.03 bits per heavy atom. The number of hydrogen-bond acceptors (Lipinski definition) is 4. The van der Waals surface area contributed by atoms with Crippen molar-refractivity contribution in [2.75, 3.05) is 14.2 Å². The summed E-state index contributed by atoms with van der Waals surface area (Å²) in [6, 6.07) is 10.5. The maximum Gasteiger partial charge on any atom is 0.253 e. The lowest BCUT2D eigenvalue weighted by atomic mass is 9.79. The number of carbonyl (C=O) groups is 1. The van der Waals surface area contributed by atoms with Crippen molar-refractivity contribution < 1.29 is 19.4 Å². The Morgan fingerprint density at radius 3 is 2.45 bits per heavy atom. The van der Waals surface area contributed by atoms with Gasteiger partial charge in [0, 0.05) is 12.0 Å². The van der Waals surface area contributed by atoms with Crippen LogP contribution in [0.2, 0.25) is 10.0 Å². The molecule has 1 aliphatic carbocycles. The van der Waals surface area contributed by atoms with Crippen molar-refractivity contribution in [2.24, 2.45) is 0 Å². The van der Waals surface area contributed by atoms with Gasteiger partial charge in [-0.1, -0.05) is 48.2 Å². The number of amides is 1. The lowest BCUT2D eigenvalue weighted by Gasteiger charge is -2.33. The standard InChI is InChI=1S/C22H25Cl2NO4/c1-28-19-10-8-13(12-20(19)29-2)15-5-3-4-6-18(15)25-22(27)21(26)14-7-9-16(23)17(24)11-14/h7-12,15,18,21,26H,3-6H2,1-2H3,(H,25,27). The van der Waals surface area contributed by atoms with Gasteiger partial charge in [0.05, 0.1) is 24.3 Å². The molecule has 0 bridgehead atoms. The molecule has 0 heterocycles. The van der Waals surface area contributed by atoms with Gasteiger partial charge in [0.2, 0.25) is 0 Å². The first-order valence-electron chi connectivity index (χ1n) is 9.60. The molecular weight excluding hydrogens is 413 g/mol. The minimum Gasteiger partial charge on any atom is -0.493 e. The van der Waals surface area contributed by atoms with Crippen LogP contribution in [-0.4, -0.2) is 31.3 Å². The minimum absolute atomic E-state index is 0.0771. The third-order valence-electron chi connectivity index (χ3n) is 5.44. The van der Waals surface area contributed by atoms with Gasteiger partial charge in [-0.25, -0.2) is 0 Å². The van der Waals surface area contributed by atoms with Gasteiger partial charge in [0.1, 0.15) is 0 Å². The molecule has 1 amide bonds. The van der Waals surface area contributed by atoms with Gasteiger partial charge in [-0.15, -0.1) is 0 Å². The van der Waals surface area contributed by atoms with Crippen molar-refractivity contribution in [3.63, 3.8) is 0 Å². The highest BCUT2D eigenvalue weighted by molar-refractivity contribution is 6.42. The average Bonchev–Trinajstić information content (AvgIpc) is 2.75. The molecule has 0 spiro atoms. The van der Waals surface area contributed by atoms with Crippen molar-refractivity contribution in [2.45, 2.75) is 43.7 Å². The zero-order valence-electron chi connectivity index (χ0n) is 16.5. The monoisotopic (exact) mass is 437 g/mol. The predicted octanol–water partition coefficient (Wildman–Crippen LogP) is 4.89.